The standard InChI is InChI=1S/C35H44N2O13S/c1-5-28(39)45-22-26-32(47-29(40)6-2)33(48-30(41)7-3)34(49-31(42)8-4)35(46-26)50-37-27(38)18-17-23-13-12-16-25(21-23)51(43,44)20-19-36-24-14-10-9-11-15-24/h9-18,21,26,32-36H,5-8,19-20,22H2,1-4H3,(H,37,38)/b18-17+/t26-,32+,33+,34-,35+/m1/s1. The third-order valence-electron chi connectivity index (χ3n) is 7.35. The molecule has 16 heteroatoms. The average Bonchev–Trinajstić information content (AvgIpc) is 3.14. The first kappa shape index (κ1) is 40.6. The molecule has 51 heavy (non-hydrogen) atoms. The van der Waals surface area contributed by atoms with Gasteiger partial charge in [-0.15, -0.1) is 0 Å². The fraction of sp³-hybridized carbons (Fsp3) is 0.457. The number of carbonyl (C=O) groups is 5. The van der Waals surface area contributed by atoms with E-state index >= 15 is 0 Å². The van der Waals surface area contributed by atoms with Gasteiger partial charge >= 0.3 is 23.9 Å². The van der Waals surface area contributed by atoms with Gasteiger partial charge in [0, 0.05) is 44.0 Å². The Hall–Kier alpha value is -4.80. The lowest BCUT2D eigenvalue weighted by Gasteiger charge is -2.43. The predicted molar refractivity (Wildman–Crippen MR) is 182 cm³/mol. The molecule has 0 radical (unpaired) electrons. The highest BCUT2D eigenvalue weighted by molar-refractivity contribution is 7.91. The number of ether oxygens (including phenoxy) is 5. The number of rotatable bonds is 18. The monoisotopic (exact) mass is 732 g/mol. The largest absolute Gasteiger partial charge is 0.463 e. The van der Waals surface area contributed by atoms with Gasteiger partial charge in [0.1, 0.15) is 12.7 Å². The Kier molecular flexibility index (Phi) is 16.1. The summed E-state index contributed by atoms with van der Waals surface area (Å²) >= 11 is 0. The van der Waals surface area contributed by atoms with Crippen LogP contribution in [0.25, 0.3) is 6.08 Å². The maximum atomic E-state index is 13.0. The number of hydroxylamine groups is 1. The van der Waals surface area contributed by atoms with Gasteiger partial charge in [0.15, 0.2) is 28.1 Å². The molecule has 0 bridgehead atoms. The number of sulfone groups is 1. The van der Waals surface area contributed by atoms with Gasteiger partial charge in [-0.3, -0.25) is 24.0 Å². The first-order valence-corrected chi connectivity index (χ1v) is 18.2. The molecule has 0 aromatic heterocycles. The summed E-state index contributed by atoms with van der Waals surface area (Å²) in [7, 11) is -3.66. The second-order valence-electron chi connectivity index (χ2n) is 11.1. The van der Waals surface area contributed by atoms with Crippen LogP contribution in [-0.2, 0) is 62.3 Å². The zero-order chi connectivity index (χ0) is 37.4. The number of amides is 1. The first-order chi connectivity index (χ1) is 24.4. The number of nitrogens with one attached hydrogen (secondary N) is 2. The molecular formula is C35H44N2O13S. The van der Waals surface area contributed by atoms with Crippen molar-refractivity contribution in [3.8, 4) is 0 Å². The van der Waals surface area contributed by atoms with E-state index in [2.05, 4.69) is 10.8 Å². The number of carbonyl (C=O) groups excluding carboxylic acids is 5. The van der Waals surface area contributed by atoms with Crippen molar-refractivity contribution in [3.63, 3.8) is 0 Å². The first-order valence-electron chi connectivity index (χ1n) is 16.6. The normalized spacial score (nSPS) is 20.2. The van der Waals surface area contributed by atoms with Gasteiger partial charge in [-0.25, -0.2) is 18.7 Å². The molecule has 3 rings (SSSR count). The topological polar surface area (TPSA) is 199 Å². The fourth-order valence-electron chi connectivity index (χ4n) is 4.63. The molecule has 1 aliphatic heterocycles. The molecule has 0 saturated carbocycles. The summed E-state index contributed by atoms with van der Waals surface area (Å²) in [5.74, 6) is -3.77. The van der Waals surface area contributed by atoms with Crippen LogP contribution < -0.4 is 10.8 Å². The molecule has 1 amide bonds. The van der Waals surface area contributed by atoms with Crippen molar-refractivity contribution in [3.05, 3.63) is 66.2 Å². The van der Waals surface area contributed by atoms with Crippen LogP contribution >= 0.6 is 0 Å². The SMILES string of the molecule is CCC(=O)OC[C@H]1O[C@@H](ONC(=O)/C=C/c2cccc(S(=O)(=O)CCNc3ccccc3)c2)[C@H](OC(=O)CC)[C@@H](OC(=O)CC)[C@H]1OC(=O)CC. The van der Waals surface area contributed by atoms with Gasteiger partial charge in [-0.05, 0) is 35.9 Å². The molecule has 0 aliphatic carbocycles. The van der Waals surface area contributed by atoms with Gasteiger partial charge in [0.2, 0.25) is 6.29 Å². The molecule has 1 heterocycles. The highest BCUT2D eigenvalue weighted by Crippen LogP contribution is 2.30. The lowest BCUT2D eigenvalue weighted by Crippen LogP contribution is -2.63. The van der Waals surface area contributed by atoms with Crippen molar-refractivity contribution in [2.45, 2.75) is 89.0 Å². The molecule has 0 spiro atoms. The van der Waals surface area contributed by atoms with E-state index in [9.17, 15) is 32.4 Å². The Morgan fingerprint density at radius 3 is 2.00 bits per heavy atom. The van der Waals surface area contributed by atoms with E-state index in [4.69, 9.17) is 28.5 Å². The Morgan fingerprint density at radius 1 is 0.765 bits per heavy atom. The smallest absolute Gasteiger partial charge is 0.306 e. The van der Waals surface area contributed by atoms with E-state index in [-0.39, 0.29) is 42.9 Å². The molecule has 5 atom stereocenters. The Balaban J connectivity index is 1.78. The molecule has 1 aliphatic rings. The minimum Gasteiger partial charge on any atom is -0.463 e. The van der Waals surface area contributed by atoms with Crippen molar-refractivity contribution >= 4 is 51.4 Å². The Bertz CT molecular complexity index is 1630. The number of hydrogen-bond acceptors (Lipinski definition) is 14. The van der Waals surface area contributed by atoms with Gasteiger partial charge in [-0.2, -0.15) is 0 Å². The number of anilines is 1. The summed E-state index contributed by atoms with van der Waals surface area (Å²) in [6.45, 7) is 5.88. The summed E-state index contributed by atoms with van der Waals surface area (Å²) < 4.78 is 53.7. The van der Waals surface area contributed by atoms with Crippen LogP contribution in [0.15, 0.2) is 65.6 Å². The molecule has 2 aromatic carbocycles. The minimum atomic E-state index is -3.66. The van der Waals surface area contributed by atoms with Gasteiger partial charge < -0.3 is 29.0 Å². The lowest BCUT2D eigenvalue weighted by molar-refractivity contribution is -0.318. The third kappa shape index (κ3) is 12.8. The molecule has 2 aromatic rings. The van der Waals surface area contributed by atoms with E-state index in [1.807, 2.05) is 30.3 Å². The molecule has 1 saturated heterocycles. The van der Waals surface area contributed by atoms with E-state index in [0.717, 1.165) is 11.8 Å². The predicted octanol–water partition coefficient (Wildman–Crippen LogP) is 3.28. The van der Waals surface area contributed by atoms with E-state index in [0.29, 0.717) is 5.56 Å². The Morgan fingerprint density at radius 2 is 1.37 bits per heavy atom. The molecule has 0 unspecified atom stereocenters. The van der Waals surface area contributed by atoms with Gasteiger partial charge in [0.05, 0.1) is 10.6 Å². The van der Waals surface area contributed by atoms with E-state index in [1.54, 1.807) is 19.1 Å². The van der Waals surface area contributed by atoms with Crippen LogP contribution in [0.3, 0.4) is 0 Å². The van der Waals surface area contributed by atoms with Crippen molar-refractivity contribution in [1.82, 2.24) is 5.48 Å². The van der Waals surface area contributed by atoms with Crippen molar-refractivity contribution in [2.75, 3.05) is 24.2 Å². The Labute approximate surface area is 296 Å². The minimum absolute atomic E-state index is 0.0275. The number of esters is 4. The highest BCUT2D eigenvalue weighted by atomic mass is 32.2. The summed E-state index contributed by atoms with van der Waals surface area (Å²) in [6.07, 6.45) is -5.10. The molecule has 2 N–H and O–H groups in total. The van der Waals surface area contributed by atoms with Crippen LogP contribution in [0.5, 0.6) is 0 Å². The van der Waals surface area contributed by atoms with Crippen molar-refractivity contribution in [2.24, 2.45) is 0 Å². The lowest BCUT2D eigenvalue weighted by atomic mass is 9.98. The van der Waals surface area contributed by atoms with Gasteiger partial charge in [0.25, 0.3) is 5.91 Å². The van der Waals surface area contributed by atoms with Crippen LogP contribution in [0.1, 0.15) is 58.9 Å². The van der Waals surface area contributed by atoms with Crippen LogP contribution in [0, 0.1) is 0 Å². The highest BCUT2D eigenvalue weighted by Gasteiger charge is 2.53. The van der Waals surface area contributed by atoms with Crippen LogP contribution in [0.2, 0.25) is 0 Å². The quantitative estimate of drug-likeness (QED) is 0.0980. The number of benzene rings is 2. The zero-order valence-electron chi connectivity index (χ0n) is 28.9. The van der Waals surface area contributed by atoms with Crippen LogP contribution in [-0.4, -0.2) is 87.8 Å². The second-order valence-corrected chi connectivity index (χ2v) is 13.2. The maximum Gasteiger partial charge on any atom is 0.306 e. The number of para-hydroxylation sites is 1. The summed E-state index contributed by atoms with van der Waals surface area (Å²) in [6, 6.07) is 15.2. The molecule has 1 fully saturated rings. The number of hydrogen-bond donors (Lipinski definition) is 2. The third-order valence-corrected chi connectivity index (χ3v) is 9.06. The molecule has 15 nitrogen and oxygen atoms in total. The van der Waals surface area contributed by atoms with Crippen molar-refractivity contribution in [1.29, 1.82) is 0 Å². The van der Waals surface area contributed by atoms with Crippen molar-refractivity contribution < 1.29 is 60.9 Å². The second kappa shape index (κ2) is 20.1. The van der Waals surface area contributed by atoms with E-state index in [1.165, 1.54) is 39.0 Å². The average molecular weight is 733 g/mol. The fourth-order valence-corrected chi connectivity index (χ4v) is 5.84. The summed E-state index contributed by atoms with van der Waals surface area (Å²) in [5.41, 5.74) is 3.35. The van der Waals surface area contributed by atoms with Gasteiger partial charge in [-0.1, -0.05) is 58.0 Å². The maximum absolute atomic E-state index is 13.0. The molecular weight excluding hydrogens is 688 g/mol. The summed E-state index contributed by atoms with van der Waals surface area (Å²) in [5, 5.41) is 3.06. The molecule has 278 valence electrons. The zero-order valence-corrected chi connectivity index (χ0v) is 29.7. The van der Waals surface area contributed by atoms with Crippen LogP contribution in [0.4, 0.5) is 5.69 Å². The summed E-state index contributed by atoms with van der Waals surface area (Å²) in [4.78, 5) is 67.8. The van der Waals surface area contributed by atoms with E-state index < -0.39 is 76.9 Å².